The van der Waals surface area contributed by atoms with Gasteiger partial charge in [0, 0.05) is 46.7 Å². The van der Waals surface area contributed by atoms with Gasteiger partial charge in [-0.25, -0.2) is 10.2 Å². The van der Waals surface area contributed by atoms with Crippen molar-refractivity contribution in [1.82, 2.24) is 5.43 Å². The van der Waals surface area contributed by atoms with Gasteiger partial charge in [-0.05, 0) is 61.0 Å². The largest absolute Gasteiger partial charge is 0.415 e. The summed E-state index contributed by atoms with van der Waals surface area (Å²) < 4.78 is 5.22. The first kappa shape index (κ1) is 30.5. The monoisotopic (exact) mass is 593 g/mol. The molecule has 0 fully saturated rings. The summed E-state index contributed by atoms with van der Waals surface area (Å²) in [6.07, 6.45) is 3.30. The van der Waals surface area contributed by atoms with E-state index in [2.05, 4.69) is 15.8 Å². The number of nitro groups is 2. The smallest absolute Gasteiger partial charge is 0.336 e. The molecule has 0 aliphatic heterocycles. The molecule has 220 valence electrons. The van der Waals surface area contributed by atoms with Crippen molar-refractivity contribution in [2.45, 2.75) is 6.92 Å². The van der Waals surface area contributed by atoms with Gasteiger partial charge in [0.05, 0.1) is 16.1 Å². The summed E-state index contributed by atoms with van der Waals surface area (Å²) in [5.74, 6) is -2.32. The number of carbonyl (C=O) groups excluding carboxylic acids is 3. The van der Waals surface area contributed by atoms with Crippen LogP contribution in [-0.2, 0) is 4.79 Å². The maximum absolute atomic E-state index is 12.6. The minimum Gasteiger partial charge on any atom is -0.415 e. The zero-order chi connectivity index (χ0) is 31.6. The lowest BCUT2D eigenvalue weighted by Crippen LogP contribution is -2.18. The maximum atomic E-state index is 12.6. The van der Waals surface area contributed by atoms with Gasteiger partial charge >= 0.3 is 11.7 Å². The first-order valence-corrected chi connectivity index (χ1v) is 12.8. The van der Waals surface area contributed by atoms with E-state index in [1.54, 1.807) is 30.3 Å². The molecule has 4 rings (SSSR count). The van der Waals surface area contributed by atoms with Crippen LogP contribution < -0.4 is 15.5 Å². The van der Waals surface area contributed by atoms with Crippen LogP contribution in [0.4, 0.5) is 17.1 Å². The molecule has 4 aromatic rings. The number of amides is 2. The highest BCUT2D eigenvalue weighted by Gasteiger charge is 2.21. The van der Waals surface area contributed by atoms with Gasteiger partial charge in [-0.2, -0.15) is 5.10 Å². The van der Waals surface area contributed by atoms with Crippen LogP contribution in [0.1, 0.15) is 37.4 Å². The summed E-state index contributed by atoms with van der Waals surface area (Å²) in [5, 5.41) is 29.1. The van der Waals surface area contributed by atoms with Crippen LogP contribution >= 0.6 is 0 Å². The molecule has 0 radical (unpaired) electrons. The average molecular weight is 594 g/mol. The maximum Gasteiger partial charge on any atom is 0.336 e. The molecule has 2 amide bonds. The molecule has 13 heteroatoms. The quantitative estimate of drug-likeness (QED) is 0.0607. The molecule has 0 aliphatic rings. The van der Waals surface area contributed by atoms with Crippen molar-refractivity contribution in [3.8, 4) is 5.75 Å². The topological polar surface area (TPSA) is 183 Å². The Balaban J connectivity index is 1.42. The molecular formula is C31H23N5O8. The Morgan fingerprint density at radius 1 is 0.818 bits per heavy atom. The number of para-hydroxylation sites is 1. The van der Waals surface area contributed by atoms with Gasteiger partial charge in [-0.1, -0.05) is 35.9 Å². The molecular weight excluding hydrogens is 570 g/mol. The highest BCUT2D eigenvalue weighted by molar-refractivity contribution is 6.04. The van der Waals surface area contributed by atoms with Crippen LogP contribution in [0.25, 0.3) is 6.08 Å². The molecule has 0 bridgehead atoms. The molecule has 0 saturated carbocycles. The number of hydrogen-bond donors (Lipinski definition) is 2. The van der Waals surface area contributed by atoms with Crippen molar-refractivity contribution in [1.29, 1.82) is 0 Å². The number of anilines is 1. The van der Waals surface area contributed by atoms with Gasteiger partial charge in [0.2, 0.25) is 5.75 Å². The number of hydrazone groups is 1. The number of nitrogens with one attached hydrogen (secondary N) is 2. The Morgan fingerprint density at radius 2 is 1.55 bits per heavy atom. The summed E-state index contributed by atoms with van der Waals surface area (Å²) >= 11 is 0. The fourth-order valence-electron chi connectivity index (χ4n) is 3.86. The summed E-state index contributed by atoms with van der Waals surface area (Å²) in [5.41, 5.74) is 4.06. The molecule has 0 heterocycles. The van der Waals surface area contributed by atoms with Crippen LogP contribution in [-0.4, -0.2) is 33.8 Å². The van der Waals surface area contributed by atoms with Crippen molar-refractivity contribution in [2.24, 2.45) is 5.10 Å². The van der Waals surface area contributed by atoms with E-state index in [-0.39, 0.29) is 22.7 Å². The minimum atomic E-state index is -0.987. The zero-order valence-electron chi connectivity index (χ0n) is 23.0. The Kier molecular flexibility index (Phi) is 9.63. The van der Waals surface area contributed by atoms with Crippen molar-refractivity contribution in [3.63, 3.8) is 0 Å². The third-order valence-electron chi connectivity index (χ3n) is 5.97. The van der Waals surface area contributed by atoms with E-state index >= 15 is 0 Å². The summed E-state index contributed by atoms with van der Waals surface area (Å²) in [4.78, 5) is 58.7. The number of rotatable bonds is 10. The molecule has 0 spiro atoms. The molecule has 0 saturated heterocycles. The van der Waals surface area contributed by atoms with Crippen molar-refractivity contribution in [2.75, 3.05) is 5.32 Å². The van der Waals surface area contributed by atoms with Gasteiger partial charge in [-0.15, -0.1) is 0 Å². The van der Waals surface area contributed by atoms with E-state index in [0.29, 0.717) is 16.8 Å². The minimum absolute atomic E-state index is 0.0193. The van der Waals surface area contributed by atoms with E-state index in [1.165, 1.54) is 54.6 Å². The Morgan fingerprint density at radius 3 is 2.25 bits per heavy atom. The van der Waals surface area contributed by atoms with E-state index in [1.807, 2.05) is 13.0 Å². The second-order valence-electron chi connectivity index (χ2n) is 9.16. The molecule has 2 N–H and O–H groups in total. The van der Waals surface area contributed by atoms with Crippen molar-refractivity contribution in [3.05, 3.63) is 145 Å². The summed E-state index contributed by atoms with van der Waals surface area (Å²) in [6, 6.07) is 22.5. The third-order valence-corrected chi connectivity index (χ3v) is 5.97. The van der Waals surface area contributed by atoms with Gasteiger partial charge in [0.25, 0.3) is 17.5 Å². The fourth-order valence-corrected chi connectivity index (χ4v) is 3.86. The number of nitrogens with zero attached hydrogens (tertiary/aromatic N) is 3. The first-order chi connectivity index (χ1) is 21.1. The van der Waals surface area contributed by atoms with E-state index in [9.17, 15) is 34.6 Å². The van der Waals surface area contributed by atoms with Crippen LogP contribution in [0.5, 0.6) is 5.75 Å². The molecule has 0 aromatic heterocycles. The summed E-state index contributed by atoms with van der Waals surface area (Å²) in [6.45, 7) is 1.88. The van der Waals surface area contributed by atoms with Crippen molar-refractivity contribution < 1.29 is 29.0 Å². The Labute approximate surface area is 249 Å². The molecule has 4 aromatic carbocycles. The average Bonchev–Trinajstić information content (AvgIpc) is 3.01. The Bertz CT molecular complexity index is 1820. The molecule has 44 heavy (non-hydrogen) atoms. The molecule has 0 aliphatic carbocycles. The number of benzene rings is 4. The standard InChI is InChI=1S/C31H23N5O8/c1-20-5-2-7-23(17-20)30(38)33-25-14-12-22(13-15-25)31(39)34-32-19-24-8-4-10-27(36(42)43)29(24)44-28(37)16-11-21-6-3-9-26(18-21)35(40)41/h2-19H,1H3,(H,33,38)(H,34,39)/b16-11+,32-19+. The normalized spacial score (nSPS) is 10.8. The molecule has 0 atom stereocenters. The van der Waals surface area contributed by atoms with Crippen molar-refractivity contribution >= 4 is 47.1 Å². The number of aryl methyl sites for hydroxylation is 1. The lowest BCUT2D eigenvalue weighted by molar-refractivity contribution is -0.385. The van der Waals surface area contributed by atoms with Crippen LogP contribution in [0.3, 0.4) is 0 Å². The molecule has 13 nitrogen and oxygen atoms in total. The Hall–Kier alpha value is -6.50. The van der Waals surface area contributed by atoms with Gasteiger partial charge < -0.3 is 10.1 Å². The number of hydrogen-bond acceptors (Lipinski definition) is 9. The van der Waals surface area contributed by atoms with Gasteiger partial charge in [-0.3, -0.25) is 29.8 Å². The van der Waals surface area contributed by atoms with Gasteiger partial charge in [0.15, 0.2) is 0 Å². The highest BCUT2D eigenvalue weighted by atomic mass is 16.6. The van der Waals surface area contributed by atoms with Crippen LogP contribution in [0.2, 0.25) is 0 Å². The fraction of sp³-hybridized carbons (Fsp3) is 0.0323. The number of nitro benzene ring substituents is 2. The third kappa shape index (κ3) is 8.04. The van der Waals surface area contributed by atoms with E-state index in [4.69, 9.17) is 4.74 Å². The lowest BCUT2D eigenvalue weighted by Gasteiger charge is -2.07. The zero-order valence-corrected chi connectivity index (χ0v) is 23.0. The second kappa shape index (κ2) is 13.9. The number of esters is 1. The molecule has 0 unspecified atom stereocenters. The van der Waals surface area contributed by atoms with Crippen LogP contribution in [0.15, 0.2) is 102 Å². The first-order valence-electron chi connectivity index (χ1n) is 12.8. The second-order valence-corrected chi connectivity index (χ2v) is 9.16. The van der Waals surface area contributed by atoms with Crippen LogP contribution in [0, 0.1) is 27.2 Å². The number of non-ortho nitro benzene ring substituents is 1. The lowest BCUT2D eigenvalue weighted by atomic mass is 10.1. The number of carbonyl (C=O) groups is 3. The summed E-state index contributed by atoms with van der Waals surface area (Å²) in [7, 11) is 0. The number of ether oxygens (including phenoxy) is 1. The van der Waals surface area contributed by atoms with E-state index < -0.39 is 33.2 Å². The SMILES string of the molecule is Cc1cccc(C(=O)Nc2ccc(C(=O)N/N=C/c3cccc([N+](=O)[O-])c3OC(=O)/C=C/c3cccc([N+](=O)[O-])c3)cc2)c1. The van der Waals surface area contributed by atoms with E-state index in [0.717, 1.165) is 23.9 Å². The predicted octanol–water partition coefficient (Wildman–Crippen LogP) is 5.45. The predicted molar refractivity (Wildman–Crippen MR) is 161 cm³/mol. The van der Waals surface area contributed by atoms with Gasteiger partial charge in [0.1, 0.15) is 0 Å². The highest BCUT2D eigenvalue weighted by Crippen LogP contribution is 2.30.